The number of rotatable bonds is 1. The van der Waals surface area contributed by atoms with Crippen LogP contribution in [-0.4, -0.2) is 4.98 Å². The van der Waals surface area contributed by atoms with Crippen molar-refractivity contribution in [3.05, 3.63) is 47.6 Å². The lowest BCUT2D eigenvalue weighted by molar-refractivity contribution is 1.34. The maximum atomic E-state index is 5.81. The third-order valence-electron chi connectivity index (χ3n) is 1.92. The summed E-state index contributed by atoms with van der Waals surface area (Å²) in [5, 5.41) is 0.420. The summed E-state index contributed by atoms with van der Waals surface area (Å²) in [6.07, 6.45) is 0. The van der Waals surface area contributed by atoms with Crippen LogP contribution in [0.3, 0.4) is 0 Å². The highest BCUT2D eigenvalue weighted by atomic mass is 35.5. The molecule has 2 N–H and O–H groups in total. The van der Waals surface area contributed by atoms with Crippen LogP contribution in [0.4, 0.5) is 5.82 Å². The van der Waals surface area contributed by atoms with Gasteiger partial charge < -0.3 is 5.73 Å². The number of halogens is 1. The first-order chi connectivity index (χ1) is 6.75. The number of aromatic nitrogens is 1. The van der Waals surface area contributed by atoms with E-state index >= 15 is 0 Å². The Kier molecular flexibility index (Phi) is 2.37. The molecule has 0 spiro atoms. The summed E-state index contributed by atoms with van der Waals surface area (Å²) in [6.45, 7) is 0. The molecule has 0 aliphatic heterocycles. The Hall–Kier alpha value is -1.54. The van der Waals surface area contributed by atoms with Crippen LogP contribution >= 0.6 is 11.6 Å². The smallest absolute Gasteiger partial charge is 0.132 e. The second-order valence-corrected chi connectivity index (χ2v) is 3.36. The molecule has 3 heteroatoms. The fourth-order valence-electron chi connectivity index (χ4n) is 1.31. The van der Waals surface area contributed by atoms with Gasteiger partial charge in [0.15, 0.2) is 0 Å². The molecule has 0 aliphatic carbocycles. The minimum absolute atomic E-state index is 0.420. The second-order valence-electron chi connectivity index (χ2n) is 2.97. The third-order valence-corrected chi connectivity index (χ3v) is 2.11. The molecular weight excluding hydrogens is 196 g/mol. The third kappa shape index (κ3) is 1.86. The minimum atomic E-state index is 0.420. The van der Waals surface area contributed by atoms with Gasteiger partial charge in [-0.25, -0.2) is 4.98 Å². The summed E-state index contributed by atoms with van der Waals surface area (Å²) in [4.78, 5) is 3.90. The van der Waals surface area contributed by atoms with E-state index in [0.29, 0.717) is 11.0 Å². The number of nitrogen functional groups attached to an aromatic ring is 1. The quantitative estimate of drug-likeness (QED) is 0.726. The predicted molar refractivity (Wildman–Crippen MR) is 59.1 cm³/mol. The average molecular weight is 205 g/mol. The molecule has 2 rings (SSSR count). The highest BCUT2D eigenvalue weighted by Crippen LogP contribution is 2.23. The number of benzene rings is 1. The monoisotopic (exact) mass is 204 g/mol. The number of pyridine rings is 1. The zero-order chi connectivity index (χ0) is 9.97. The summed E-state index contributed by atoms with van der Waals surface area (Å²) in [7, 11) is 0. The van der Waals surface area contributed by atoms with Gasteiger partial charge in [0.1, 0.15) is 11.0 Å². The molecule has 0 aliphatic rings. The first-order valence-electron chi connectivity index (χ1n) is 4.24. The van der Waals surface area contributed by atoms with Gasteiger partial charge in [-0.3, -0.25) is 0 Å². The van der Waals surface area contributed by atoms with Crippen LogP contribution in [0.25, 0.3) is 11.1 Å². The van der Waals surface area contributed by atoms with Gasteiger partial charge >= 0.3 is 0 Å². The number of nitrogens with two attached hydrogens (primary N) is 1. The Morgan fingerprint density at radius 2 is 1.71 bits per heavy atom. The van der Waals surface area contributed by atoms with E-state index in [1.54, 1.807) is 12.1 Å². The molecule has 0 bridgehead atoms. The first-order valence-corrected chi connectivity index (χ1v) is 4.62. The van der Waals surface area contributed by atoms with Gasteiger partial charge in [0.05, 0.1) is 0 Å². The zero-order valence-electron chi connectivity index (χ0n) is 7.44. The highest BCUT2D eigenvalue weighted by Gasteiger charge is 2.00. The molecule has 2 nitrogen and oxygen atoms in total. The van der Waals surface area contributed by atoms with E-state index in [2.05, 4.69) is 4.98 Å². The van der Waals surface area contributed by atoms with Crippen LogP contribution in [0.5, 0.6) is 0 Å². The lowest BCUT2D eigenvalue weighted by Crippen LogP contribution is -1.90. The minimum Gasteiger partial charge on any atom is -0.384 e. The summed E-state index contributed by atoms with van der Waals surface area (Å²) in [5.74, 6) is 0.441. The molecule has 0 amide bonds. The lowest BCUT2D eigenvalue weighted by atomic mass is 10.1. The van der Waals surface area contributed by atoms with Crippen molar-refractivity contribution >= 4 is 17.4 Å². The normalized spacial score (nSPS) is 10.1. The van der Waals surface area contributed by atoms with E-state index in [1.807, 2.05) is 30.3 Å². The Bertz CT molecular complexity index is 420. The number of hydrogen-bond donors (Lipinski definition) is 1. The standard InChI is InChI=1S/C11H9ClN2/c12-10-6-9(7-11(13)14-10)8-4-2-1-3-5-8/h1-7H,(H2,13,14). The van der Waals surface area contributed by atoms with Gasteiger partial charge in [-0.1, -0.05) is 41.9 Å². The Labute approximate surface area is 87.4 Å². The van der Waals surface area contributed by atoms with Crippen molar-refractivity contribution in [2.75, 3.05) is 5.73 Å². The van der Waals surface area contributed by atoms with Crippen LogP contribution < -0.4 is 5.73 Å². The zero-order valence-corrected chi connectivity index (χ0v) is 8.20. The highest BCUT2D eigenvalue weighted by molar-refractivity contribution is 6.29. The predicted octanol–water partition coefficient (Wildman–Crippen LogP) is 2.98. The van der Waals surface area contributed by atoms with Crippen LogP contribution in [0, 0.1) is 0 Å². The molecule has 0 radical (unpaired) electrons. The lowest BCUT2D eigenvalue weighted by Gasteiger charge is -2.02. The van der Waals surface area contributed by atoms with E-state index < -0.39 is 0 Å². The topological polar surface area (TPSA) is 38.9 Å². The van der Waals surface area contributed by atoms with E-state index in [9.17, 15) is 0 Å². The summed E-state index contributed by atoms with van der Waals surface area (Å²) < 4.78 is 0. The molecule has 14 heavy (non-hydrogen) atoms. The first kappa shape index (κ1) is 9.03. The Morgan fingerprint density at radius 1 is 1.00 bits per heavy atom. The van der Waals surface area contributed by atoms with Gasteiger partial charge in [-0.15, -0.1) is 0 Å². The number of anilines is 1. The molecular formula is C11H9ClN2. The van der Waals surface area contributed by atoms with Crippen LogP contribution in [0.2, 0.25) is 5.15 Å². The second kappa shape index (κ2) is 3.68. The van der Waals surface area contributed by atoms with E-state index in [0.717, 1.165) is 11.1 Å². The summed E-state index contributed by atoms with van der Waals surface area (Å²) in [5.41, 5.74) is 7.68. The van der Waals surface area contributed by atoms with Gasteiger partial charge in [0, 0.05) is 0 Å². The van der Waals surface area contributed by atoms with Crippen molar-refractivity contribution in [1.29, 1.82) is 0 Å². The van der Waals surface area contributed by atoms with Crippen LogP contribution in [-0.2, 0) is 0 Å². The van der Waals surface area contributed by atoms with Crippen molar-refractivity contribution in [3.8, 4) is 11.1 Å². The molecule has 0 fully saturated rings. The van der Waals surface area contributed by atoms with Gasteiger partial charge in [0.25, 0.3) is 0 Å². The fourth-order valence-corrected chi connectivity index (χ4v) is 1.53. The van der Waals surface area contributed by atoms with E-state index in [1.165, 1.54) is 0 Å². The molecule has 1 heterocycles. The van der Waals surface area contributed by atoms with Crippen LogP contribution in [0.15, 0.2) is 42.5 Å². The molecule has 1 aromatic heterocycles. The van der Waals surface area contributed by atoms with Crippen molar-refractivity contribution in [3.63, 3.8) is 0 Å². The Morgan fingerprint density at radius 3 is 2.36 bits per heavy atom. The SMILES string of the molecule is Nc1cc(-c2ccccc2)cc(Cl)n1. The molecule has 2 aromatic rings. The van der Waals surface area contributed by atoms with Gasteiger partial charge in [0.2, 0.25) is 0 Å². The van der Waals surface area contributed by atoms with Crippen LogP contribution in [0.1, 0.15) is 0 Å². The molecule has 70 valence electrons. The summed E-state index contributed by atoms with van der Waals surface area (Å²) >= 11 is 5.81. The molecule has 1 aromatic carbocycles. The van der Waals surface area contributed by atoms with Crippen molar-refractivity contribution in [2.24, 2.45) is 0 Å². The van der Waals surface area contributed by atoms with Crippen molar-refractivity contribution in [1.82, 2.24) is 4.98 Å². The molecule has 0 unspecified atom stereocenters. The van der Waals surface area contributed by atoms with E-state index in [-0.39, 0.29) is 0 Å². The largest absolute Gasteiger partial charge is 0.384 e. The Balaban J connectivity index is 2.52. The molecule has 0 saturated carbocycles. The fraction of sp³-hybridized carbons (Fsp3) is 0. The van der Waals surface area contributed by atoms with Gasteiger partial charge in [-0.2, -0.15) is 0 Å². The van der Waals surface area contributed by atoms with E-state index in [4.69, 9.17) is 17.3 Å². The molecule has 0 saturated heterocycles. The number of nitrogens with zero attached hydrogens (tertiary/aromatic N) is 1. The maximum Gasteiger partial charge on any atom is 0.132 e. The summed E-state index contributed by atoms with van der Waals surface area (Å²) in [6, 6.07) is 13.5. The van der Waals surface area contributed by atoms with Gasteiger partial charge in [-0.05, 0) is 23.3 Å². The number of hydrogen-bond acceptors (Lipinski definition) is 2. The van der Waals surface area contributed by atoms with Crippen molar-refractivity contribution < 1.29 is 0 Å². The average Bonchev–Trinajstić information content (AvgIpc) is 2.18. The van der Waals surface area contributed by atoms with Crippen molar-refractivity contribution in [2.45, 2.75) is 0 Å². The molecule has 0 atom stereocenters. The maximum absolute atomic E-state index is 5.81.